The van der Waals surface area contributed by atoms with Crippen molar-refractivity contribution in [3.05, 3.63) is 83.7 Å². The van der Waals surface area contributed by atoms with Gasteiger partial charge in [-0.15, -0.1) is 0 Å². The van der Waals surface area contributed by atoms with E-state index in [2.05, 4.69) is 15.6 Å². The predicted octanol–water partition coefficient (Wildman–Crippen LogP) is 3.47. The highest BCUT2D eigenvalue weighted by Crippen LogP contribution is 2.18. The maximum Gasteiger partial charge on any atom is 0.257 e. The third kappa shape index (κ3) is 4.31. The molecule has 0 unspecified atom stereocenters. The first kappa shape index (κ1) is 18.6. The first-order valence-electron chi connectivity index (χ1n) is 8.31. The van der Waals surface area contributed by atoms with Crippen molar-refractivity contribution in [1.82, 2.24) is 4.98 Å². The number of amides is 2. The van der Waals surface area contributed by atoms with Gasteiger partial charge in [-0.1, -0.05) is 18.2 Å². The average molecular weight is 372 g/mol. The van der Waals surface area contributed by atoms with Crippen LogP contribution in [0.5, 0.6) is 5.75 Å². The van der Waals surface area contributed by atoms with Crippen molar-refractivity contribution >= 4 is 23.2 Å². The van der Waals surface area contributed by atoms with Crippen LogP contribution in [0.4, 0.5) is 11.4 Å². The standard InChI is InChI=1S/C21H16N4O3/c1-28-18-7-4-6-17(10-18)24-20(26)15-9-16(13-23-12-15)21(27)25-19-8-3-2-5-14(19)11-22/h2-10,12-13H,1H3,(H,24,26)(H,25,27). The zero-order valence-corrected chi connectivity index (χ0v) is 15.0. The molecule has 2 aromatic carbocycles. The van der Waals surface area contributed by atoms with Crippen LogP contribution in [-0.4, -0.2) is 23.9 Å². The van der Waals surface area contributed by atoms with Crippen molar-refractivity contribution in [2.24, 2.45) is 0 Å². The van der Waals surface area contributed by atoms with Gasteiger partial charge in [0.1, 0.15) is 11.8 Å². The maximum atomic E-state index is 12.5. The molecule has 0 saturated heterocycles. The number of aromatic nitrogens is 1. The van der Waals surface area contributed by atoms with Crippen molar-refractivity contribution < 1.29 is 14.3 Å². The van der Waals surface area contributed by atoms with E-state index >= 15 is 0 Å². The predicted molar refractivity (Wildman–Crippen MR) is 104 cm³/mol. The fourth-order valence-electron chi connectivity index (χ4n) is 2.48. The molecule has 0 saturated carbocycles. The van der Waals surface area contributed by atoms with Crippen molar-refractivity contribution in [1.29, 1.82) is 5.26 Å². The van der Waals surface area contributed by atoms with E-state index in [0.717, 1.165) is 0 Å². The highest BCUT2D eigenvalue weighted by atomic mass is 16.5. The Morgan fingerprint density at radius 1 is 0.964 bits per heavy atom. The zero-order valence-electron chi connectivity index (χ0n) is 15.0. The summed E-state index contributed by atoms with van der Waals surface area (Å²) in [4.78, 5) is 28.9. The van der Waals surface area contributed by atoms with Crippen LogP contribution in [0.1, 0.15) is 26.3 Å². The molecule has 3 rings (SSSR count). The molecule has 0 aliphatic heterocycles. The number of nitrogens with zero attached hydrogens (tertiary/aromatic N) is 2. The van der Waals surface area contributed by atoms with Crippen LogP contribution in [-0.2, 0) is 0 Å². The van der Waals surface area contributed by atoms with Crippen LogP contribution in [0.3, 0.4) is 0 Å². The van der Waals surface area contributed by atoms with Crippen molar-refractivity contribution in [2.45, 2.75) is 0 Å². The summed E-state index contributed by atoms with van der Waals surface area (Å²) in [6.45, 7) is 0. The van der Waals surface area contributed by atoms with Gasteiger partial charge in [-0.3, -0.25) is 14.6 Å². The Morgan fingerprint density at radius 3 is 2.39 bits per heavy atom. The molecule has 0 atom stereocenters. The number of ether oxygens (including phenoxy) is 1. The number of carbonyl (C=O) groups excluding carboxylic acids is 2. The van der Waals surface area contributed by atoms with Gasteiger partial charge in [0.15, 0.2) is 0 Å². The Hall–Kier alpha value is -4.18. The van der Waals surface area contributed by atoms with E-state index in [1.807, 2.05) is 6.07 Å². The Labute approximate surface area is 161 Å². The summed E-state index contributed by atoms with van der Waals surface area (Å²) in [5.41, 5.74) is 1.72. The molecule has 0 radical (unpaired) electrons. The summed E-state index contributed by atoms with van der Waals surface area (Å²) in [5, 5.41) is 14.5. The number of methoxy groups -OCH3 is 1. The average Bonchev–Trinajstić information content (AvgIpc) is 2.74. The topological polar surface area (TPSA) is 104 Å². The van der Waals surface area contributed by atoms with Gasteiger partial charge >= 0.3 is 0 Å². The van der Waals surface area contributed by atoms with Crippen molar-refractivity contribution in [2.75, 3.05) is 17.7 Å². The molecule has 138 valence electrons. The van der Waals surface area contributed by atoms with E-state index < -0.39 is 11.8 Å². The number of pyridine rings is 1. The molecule has 1 aromatic heterocycles. The van der Waals surface area contributed by atoms with Crippen LogP contribution < -0.4 is 15.4 Å². The number of para-hydroxylation sites is 1. The van der Waals surface area contributed by atoms with E-state index in [-0.39, 0.29) is 11.1 Å². The minimum atomic E-state index is -0.466. The summed E-state index contributed by atoms with van der Waals surface area (Å²) in [6, 6.07) is 17.0. The summed E-state index contributed by atoms with van der Waals surface area (Å²) in [7, 11) is 1.54. The van der Waals surface area contributed by atoms with Gasteiger partial charge < -0.3 is 15.4 Å². The number of anilines is 2. The number of carbonyl (C=O) groups is 2. The second kappa shape index (κ2) is 8.47. The summed E-state index contributed by atoms with van der Waals surface area (Å²) in [5.74, 6) is -0.265. The monoisotopic (exact) mass is 372 g/mol. The number of rotatable bonds is 5. The second-order valence-electron chi connectivity index (χ2n) is 5.76. The quantitative estimate of drug-likeness (QED) is 0.714. The molecule has 2 amide bonds. The Balaban J connectivity index is 1.76. The normalized spacial score (nSPS) is 9.86. The largest absolute Gasteiger partial charge is 0.497 e. The number of hydrogen-bond acceptors (Lipinski definition) is 5. The van der Waals surface area contributed by atoms with Gasteiger partial charge in [0.25, 0.3) is 11.8 Å². The Bertz CT molecular complexity index is 1070. The Morgan fingerprint density at radius 2 is 1.68 bits per heavy atom. The van der Waals surface area contributed by atoms with Gasteiger partial charge in [0.2, 0.25) is 0 Å². The number of nitrogens with one attached hydrogen (secondary N) is 2. The third-order valence-corrected chi connectivity index (χ3v) is 3.89. The molecule has 2 N–H and O–H groups in total. The van der Waals surface area contributed by atoms with Gasteiger partial charge in [-0.2, -0.15) is 5.26 Å². The van der Waals surface area contributed by atoms with E-state index in [4.69, 9.17) is 10.00 Å². The molecule has 0 aliphatic carbocycles. The molecule has 1 heterocycles. The van der Waals surface area contributed by atoms with Crippen molar-refractivity contribution in [3.8, 4) is 11.8 Å². The first-order valence-corrected chi connectivity index (χ1v) is 8.31. The smallest absolute Gasteiger partial charge is 0.257 e. The molecule has 0 bridgehead atoms. The lowest BCUT2D eigenvalue weighted by atomic mass is 10.1. The first-order chi connectivity index (χ1) is 13.6. The minimum absolute atomic E-state index is 0.200. The van der Waals surface area contributed by atoms with Gasteiger partial charge in [-0.25, -0.2) is 0 Å². The summed E-state index contributed by atoms with van der Waals surface area (Å²) < 4.78 is 5.13. The molecule has 28 heavy (non-hydrogen) atoms. The number of nitriles is 1. The number of hydrogen-bond donors (Lipinski definition) is 2. The van der Waals surface area contributed by atoms with E-state index in [9.17, 15) is 9.59 Å². The lowest BCUT2D eigenvalue weighted by molar-refractivity contribution is 0.102. The zero-order chi connectivity index (χ0) is 19.9. The lowest BCUT2D eigenvalue weighted by Crippen LogP contribution is -2.16. The summed E-state index contributed by atoms with van der Waals surface area (Å²) in [6.07, 6.45) is 2.72. The van der Waals surface area contributed by atoms with Crippen molar-refractivity contribution in [3.63, 3.8) is 0 Å². The summed E-state index contributed by atoms with van der Waals surface area (Å²) >= 11 is 0. The van der Waals surface area contributed by atoms with E-state index in [1.54, 1.807) is 48.5 Å². The Kier molecular flexibility index (Phi) is 5.63. The maximum absolute atomic E-state index is 12.5. The van der Waals surface area contributed by atoms with Gasteiger partial charge in [-0.05, 0) is 30.3 Å². The minimum Gasteiger partial charge on any atom is -0.497 e. The van der Waals surface area contributed by atoms with Gasteiger partial charge in [0, 0.05) is 24.1 Å². The SMILES string of the molecule is COc1cccc(NC(=O)c2cncc(C(=O)Nc3ccccc3C#N)c2)c1. The molecular formula is C21H16N4O3. The highest BCUT2D eigenvalue weighted by Gasteiger charge is 2.13. The van der Waals surface area contributed by atoms with Crippen LogP contribution in [0.15, 0.2) is 67.0 Å². The van der Waals surface area contributed by atoms with Crippen LogP contribution in [0.25, 0.3) is 0 Å². The van der Waals surface area contributed by atoms with Crippen LogP contribution in [0.2, 0.25) is 0 Å². The lowest BCUT2D eigenvalue weighted by Gasteiger charge is -2.09. The van der Waals surface area contributed by atoms with E-state index in [0.29, 0.717) is 22.7 Å². The molecule has 0 fully saturated rings. The van der Waals surface area contributed by atoms with Crippen LogP contribution >= 0.6 is 0 Å². The fraction of sp³-hybridized carbons (Fsp3) is 0.0476. The molecule has 3 aromatic rings. The molecule has 0 spiro atoms. The molecule has 0 aliphatic rings. The highest BCUT2D eigenvalue weighted by molar-refractivity contribution is 6.08. The molecule has 7 heteroatoms. The van der Waals surface area contributed by atoms with Crippen LogP contribution in [0, 0.1) is 11.3 Å². The van der Waals surface area contributed by atoms with Gasteiger partial charge in [0.05, 0.1) is 29.5 Å². The third-order valence-electron chi connectivity index (χ3n) is 3.89. The van der Waals surface area contributed by atoms with E-state index in [1.165, 1.54) is 25.6 Å². The molecule has 7 nitrogen and oxygen atoms in total. The molecular weight excluding hydrogens is 356 g/mol. The number of benzene rings is 2. The second-order valence-corrected chi connectivity index (χ2v) is 5.76. The fourth-order valence-corrected chi connectivity index (χ4v) is 2.48.